The predicted octanol–water partition coefficient (Wildman–Crippen LogP) is 1.85. The number of hydrogen-bond donors (Lipinski definition) is 1. The summed E-state index contributed by atoms with van der Waals surface area (Å²) in [6, 6.07) is 0. The zero-order chi connectivity index (χ0) is 5.98. The number of hydrogen-bond acceptors (Lipinski definition) is 1. The molecular weight excluding hydrogens is 234 g/mol. The fourth-order valence-corrected chi connectivity index (χ4v) is 1.82. The highest BCUT2D eigenvalue weighted by atomic mass is 79.9. The van der Waals surface area contributed by atoms with Crippen molar-refractivity contribution in [1.29, 1.82) is 0 Å². The molecule has 8 heavy (non-hydrogen) atoms. The second kappa shape index (κ2) is 3.18. The smallest absolute Gasteiger partial charge is 0.0757 e. The van der Waals surface area contributed by atoms with Gasteiger partial charge in [0, 0.05) is 4.83 Å². The van der Waals surface area contributed by atoms with Crippen LogP contribution in [0.15, 0.2) is 0 Å². The van der Waals surface area contributed by atoms with Crippen LogP contribution in [0.4, 0.5) is 0 Å². The van der Waals surface area contributed by atoms with E-state index in [4.69, 9.17) is 0 Å². The molecule has 0 radical (unpaired) electrons. The van der Waals surface area contributed by atoms with Crippen molar-refractivity contribution in [2.45, 2.75) is 22.6 Å². The molecule has 48 valence electrons. The highest BCUT2D eigenvalue weighted by Crippen LogP contribution is 2.20. The first-order valence-corrected chi connectivity index (χ1v) is 4.65. The molecule has 1 heterocycles. The molecule has 0 aromatic heterocycles. The fourth-order valence-electron chi connectivity index (χ4n) is 0.811. The van der Waals surface area contributed by atoms with Crippen LogP contribution in [0.3, 0.4) is 0 Å². The van der Waals surface area contributed by atoms with Crippen molar-refractivity contribution in [3.05, 3.63) is 0 Å². The van der Waals surface area contributed by atoms with Crippen molar-refractivity contribution >= 4 is 31.9 Å². The topological polar surface area (TPSA) is 12.0 Å². The fraction of sp³-hybridized carbons (Fsp3) is 1.00. The van der Waals surface area contributed by atoms with Crippen LogP contribution in [0.2, 0.25) is 0 Å². The molecule has 1 aliphatic rings. The summed E-state index contributed by atoms with van der Waals surface area (Å²) in [5.74, 6) is 0. The molecule has 0 spiro atoms. The number of rotatable bonds is 0. The van der Waals surface area contributed by atoms with Gasteiger partial charge in [-0.15, -0.1) is 0 Å². The highest BCUT2D eigenvalue weighted by Gasteiger charge is 2.18. The van der Waals surface area contributed by atoms with Crippen molar-refractivity contribution in [2.75, 3.05) is 6.54 Å². The van der Waals surface area contributed by atoms with Gasteiger partial charge >= 0.3 is 0 Å². The molecule has 0 aliphatic carbocycles. The average molecular weight is 243 g/mol. The molecule has 2 atom stereocenters. The van der Waals surface area contributed by atoms with Gasteiger partial charge in [-0.05, 0) is 19.4 Å². The standard InChI is InChI=1S/C5H9Br2N/c6-4-2-1-3-8-5(4)7/h4-5,8H,1-3H2. The van der Waals surface area contributed by atoms with Crippen molar-refractivity contribution in [2.24, 2.45) is 0 Å². The molecule has 1 rings (SSSR count). The van der Waals surface area contributed by atoms with E-state index >= 15 is 0 Å². The minimum atomic E-state index is 0.483. The Labute approximate surface area is 66.5 Å². The maximum atomic E-state index is 3.54. The highest BCUT2D eigenvalue weighted by molar-refractivity contribution is 9.12. The Morgan fingerprint density at radius 1 is 1.38 bits per heavy atom. The lowest BCUT2D eigenvalue weighted by atomic mass is 10.2. The van der Waals surface area contributed by atoms with E-state index in [9.17, 15) is 0 Å². The lowest BCUT2D eigenvalue weighted by Gasteiger charge is -2.23. The molecule has 0 bridgehead atoms. The van der Waals surface area contributed by atoms with Crippen LogP contribution in [-0.4, -0.2) is 16.3 Å². The molecule has 1 fully saturated rings. The quantitative estimate of drug-likeness (QED) is 0.505. The van der Waals surface area contributed by atoms with Gasteiger partial charge in [0.25, 0.3) is 0 Å². The van der Waals surface area contributed by atoms with Gasteiger partial charge in [0.05, 0.1) is 4.95 Å². The SMILES string of the molecule is BrC1CCCNC1Br. The van der Waals surface area contributed by atoms with E-state index in [1.165, 1.54) is 12.8 Å². The molecule has 0 saturated carbocycles. The first-order chi connectivity index (χ1) is 3.80. The Morgan fingerprint density at radius 2 is 2.12 bits per heavy atom. The van der Waals surface area contributed by atoms with Crippen molar-refractivity contribution in [3.63, 3.8) is 0 Å². The van der Waals surface area contributed by atoms with Crippen molar-refractivity contribution in [3.8, 4) is 0 Å². The zero-order valence-corrected chi connectivity index (χ0v) is 7.70. The summed E-state index contributed by atoms with van der Waals surface area (Å²) in [6.07, 6.45) is 2.57. The first kappa shape index (κ1) is 7.03. The Hall–Kier alpha value is 0.920. The lowest BCUT2D eigenvalue weighted by molar-refractivity contribution is 0.514. The van der Waals surface area contributed by atoms with Crippen LogP contribution in [0, 0.1) is 0 Å². The maximum Gasteiger partial charge on any atom is 0.0757 e. The van der Waals surface area contributed by atoms with Gasteiger partial charge < -0.3 is 5.32 Å². The average Bonchev–Trinajstić information content (AvgIpc) is 1.77. The van der Waals surface area contributed by atoms with Crippen LogP contribution in [0.1, 0.15) is 12.8 Å². The van der Waals surface area contributed by atoms with E-state index in [-0.39, 0.29) is 0 Å². The van der Waals surface area contributed by atoms with E-state index < -0.39 is 0 Å². The number of nitrogens with one attached hydrogen (secondary N) is 1. The Morgan fingerprint density at radius 3 is 2.50 bits per heavy atom. The van der Waals surface area contributed by atoms with Crippen LogP contribution in [0.25, 0.3) is 0 Å². The lowest BCUT2D eigenvalue weighted by Crippen LogP contribution is -2.36. The monoisotopic (exact) mass is 241 g/mol. The van der Waals surface area contributed by atoms with Gasteiger partial charge in [0.1, 0.15) is 0 Å². The summed E-state index contributed by atoms with van der Waals surface area (Å²) in [5, 5.41) is 3.30. The second-order valence-corrected chi connectivity index (χ2v) is 4.18. The molecule has 2 unspecified atom stereocenters. The largest absolute Gasteiger partial charge is 0.304 e. The van der Waals surface area contributed by atoms with Gasteiger partial charge in [0.2, 0.25) is 0 Å². The van der Waals surface area contributed by atoms with Gasteiger partial charge in [-0.3, -0.25) is 0 Å². The summed E-state index contributed by atoms with van der Waals surface area (Å²) >= 11 is 7.04. The third-order valence-electron chi connectivity index (χ3n) is 1.31. The van der Waals surface area contributed by atoms with E-state index in [1.54, 1.807) is 0 Å². The van der Waals surface area contributed by atoms with Crippen molar-refractivity contribution in [1.82, 2.24) is 5.32 Å². The summed E-state index contributed by atoms with van der Waals surface area (Å²) in [4.78, 5) is 1.10. The molecule has 1 aliphatic heterocycles. The number of halogens is 2. The Kier molecular flexibility index (Phi) is 2.80. The van der Waals surface area contributed by atoms with Crippen LogP contribution >= 0.6 is 31.9 Å². The van der Waals surface area contributed by atoms with Gasteiger partial charge in [0.15, 0.2) is 0 Å². The Bertz CT molecular complexity index is 66.8. The van der Waals surface area contributed by atoms with E-state index in [1.807, 2.05) is 0 Å². The molecular formula is C5H9Br2N. The van der Waals surface area contributed by atoms with Gasteiger partial charge in [-0.25, -0.2) is 0 Å². The molecule has 0 aromatic rings. The molecule has 1 nitrogen and oxygen atoms in total. The predicted molar refractivity (Wildman–Crippen MR) is 42.7 cm³/mol. The number of alkyl halides is 2. The molecule has 1 N–H and O–H groups in total. The van der Waals surface area contributed by atoms with Crippen LogP contribution < -0.4 is 5.32 Å². The van der Waals surface area contributed by atoms with Crippen LogP contribution in [0.5, 0.6) is 0 Å². The van der Waals surface area contributed by atoms with E-state index in [2.05, 4.69) is 37.2 Å². The second-order valence-electron chi connectivity index (χ2n) is 2.01. The molecule has 0 amide bonds. The van der Waals surface area contributed by atoms with Crippen molar-refractivity contribution < 1.29 is 0 Å². The summed E-state index contributed by atoms with van der Waals surface area (Å²) in [7, 11) is 0. The maximum absolute atomic E-state index is 3.54. The summed E-state index contributed by atoms with van der Waals surface area (Å²) in [5.41, 5.74) is 0. The minimum absolute atomic E-state index is 0.483. The number of piperidine rings is 1. The van der Waals surface area contributed by atoms with E-state index in [0.29, 0.717) is 9.78 Å². The van der Waals surface area contributed by atoms with Crippen LogP contribution in [-0.2, 0) is 0 Å². The summed E-state index contributed by atoms with van der Waals surface area (Å²) in [6.45, 7) is 1.15. The summed E-state index contributed by atoms with van der Waals surface area (Å²) < 4.78 is 0. The first-order valence-electron chi connectivity index (χ1n) is 2.82. The third kappa shape index (κ3) is 1.71. The normalized spacial score (nSPS) is 39.8. The third-order valence-corrected chi connectivity index (χ3v) is 3.97. The van der Waals surface area contributed by atoms with Gasteiger partial charge in [-0.2, -0.15) is 0 Å². The van der Waals surface area contributed by atoms with E-state index in [0.717, 1.165) is 6.54 Å². The van der Waals surface area contributed by atoms with Gasteiger partial charge in [-0.1, -0.05) is 31.9 Å². The molecule has 0 aromatic carbocycles. The Balaban J connectivity index is 2.28. The minimum Gasteiger partial charge on any atom is -0.304 e. The zero-order valence-electron chi connectivity index (χ0n) is 4.53. The molecule has 1 saturated heterocycles. The molecule has 3 heteroatoms.